The number of rotatable bonds is 7. The second kappa shape index (κ2) is 9.08. The van der Waals surface area contributed by atoms with Crippen LogP contribution in [0, 0.1) is 5.92 Å². The first-order chi connectivity index (χ1) is 14.6. The van der Waals surface area contributed by atoms with Crippen molar-refractivity contribution in [3.63, 3.8) is 0 Å². The third kappa shape index (κ3) is 4.61. The Kier molecular flexibility index (Phi) is 6.27. The molecule has 2 N–H and O–H groups in total. The Hall–Kier alpha value is -2.54. The SMILES string of the molecule is CCOC(=O)[C@H](NC(=O)N1CCN(CC2CC2)CC1)[C@@H](C)c1c[nH]c2ccccc12. The lowest BCUT2D eigenvalue weighted by molar-refractivity contribution is -0.145. The Morgan fingerprint density at radius 3 is 2.63 bits per heavy atom. The van der Waals surface area contributed by atoms with Crippen LogP contribution in [0.5, 0.6) is 0 Å². The summed E-state index contributed by atoms with van der Waals surface area (Å²) < 4.78 is 5.30. The number of esters is 1. The fourth-order valence-electron chi connectivity index (χ4n) is 4.29. The van der Waals surface area contributed by atoms with E-state index in [0.717, 1.165) is 42.0 Å². The van der Waals surface area contributed by atoms with E-state index in [4.69, 9.17) is 4.74 Å². The van der Waals surface area contributed by atoms with Gasteiger partial charge in [0.25, 0.3) is 0 Å². The van der Waals surface area contributed by atoms with E-state index in [0.29, 0.717) is 13.1 Å². The van der Waals surface area contributed by atoms with Crippen molar-refractivity contribution in [3.05, 3.63) is 36.0 Å². The molecule has 7 nitrogen and oxygen atoms in total. The van der Waals surface area contributed by atoms with E-state index >= 15 is 0 Å². The number of nitrogens with one attached hydrogen (secondary N) is 2. The third-order valence-electron chi connectivity index (χ3n) is 6.30. The number of aromatic amines is 1. The van der Waals surface area contributed by atoms with Crippen LogP contribution in [0.15, 0.2) is 30.5 Å². The zero-order valence-electron chi connectivity index (χ0n) is 17.9. The Labute approximate surface area is 177 Å². The first kappa shape index (κ1) is 20.7. The molecule has 2 aromatic rings. The molecule has 0 bridgehead atoms. The average Bonchev–Trinajstić information content (AvgIpc) is 3.47. The number of fused-ring (bicyclic) bond motifs is 1. The molecule has 2 atom stereocenters. The first-order valence-corrected chi connectivity index (χ1v) is 11.1. The molecule has 1 saturated carbocycles. The monoisotopic (exact) mass is 412 g/mol. The number of H-pyrrole nitrogens is 1. The Balaban J connectivity index is 1.44. The van der Waals surface area contributed by atoms with Gasteiger partial charge in [0.1, 0.15) is 6.04 Å². The smallest absolute Gasteiger partial charge is 0.329 e. The van der Waals surface area contributed by atoms with Crippen LogP contribution in [0.25, 0.3) is 10.9 Å². The Morgan fingerprint density at radius 1 is 1.20 bits per heavy atom. The molecular formula is C23H32N4O3. The predicted molar refractivity (Wildman–Crippen MR) is 116 cm³/mol. The van der Waals surface area contributed by atoms with Crippen LogP contribution in [0.1, 0.15) is 38.2 Å². The lowest BCUT2D eigenvalue weighted by Crippen LogP contribution is -2.55. The minimum Gasteiger partial charge on any atom is -0.464 e. The normalized spacial score (nSPS) is 19.5. The zero-order chi connectivity index (χ0) is 21.1. The van der Waals surface area contributed by atoms with Crippen LogP contribution in [0.4, 0.5) is 4.79 Å². The molecule has 1 aliphatic heterocycles. The van der Waals surface area contributed by atoms with Gasteiger partial charge in [-0.3, -0.25) is 4.90 Å². The molecule has 7 heteroatoms. The van der Waals surface area contributed by atoms with Gasteiger partial charge in [-0.15, -0.1) is 0 Å². The van der Waals surface area contributed by atoms with E-state index < -0.39 is 12.0 Å². The van der Waals surface area contributed by atoms with Crippen molar-refractivity contribution in [3.8, 4) is 0 Å². The number of hydrogen-bond donors (Lipinski definition) is 2. The van der Waals surface area contributed by atoms with Gasteiger partial charge < -0.3 is 19.9 Å². The van der Waals surface area contributed by atoms with Crippen molar-refractivity contribution in [2.75, 3.05) is 39.3 Å². The van der Waals surface area contributed by atoms with Crippen molar-refractivity contribution < 1.29 is 14.3 Å². The number of ether oxygens (including phenoxy) is 1. The van der Waals surface area contributed by atoms with Crippen molar-refractivity contribution in [1.82, 2.24) is 20.1 Å². The minimum absolute atomic E-state index is 0.189. The number of aromatic nitrogens is 1. The molecule has 0 spiro atoms. The summed E-state index contributed by atoms with van der Waals surface area (Å²) in [5, 5.41) is 4.03. The maximum atomic E-state index is 13.0. The number of benzene rings is 1. The fraction of sp³-hybridized carbons (Fsp3) is 0.565. The highest BCUT2D eigenvalue weighted by Crippen LogP contribution is 2.30. The van der Waals surface area contributed by atoms with Gasteiger partial charge >= 0.3 is 12.0 Å². The van der Waals surface area contributed by atoms with Crippen LogP contribution >= 0.6 is 0 Å². The van der Waals surface area contributed by atoms with Crippen molar-refractivity contribution in [2.45, 2.75) is 38.6 Å². The largest absolute Gasteiger partial charge is 0.464 e. The number of carbonyl (C=O) groups excluding carboxylic acids is 2. The number of hydrogen-bond acceptors (Lipinski definition) is 4. The molecule has 30 heavy (non-hydrogen) atoms. The van der Waals surface area contributed by atoms with Crippen LogP contribution in [-0.2, 0) is 9.53 Å². The highest BCUT2D eigenvalue weighted by molar-refractivity contribution is 5.88. The molecule has 1 aromatic carbocycles. The van der Waals surface area contributed by atoms with Gasteiger partial charge in [-0.05, 0) is 37.3 Å². The van der Waals surface area contributed by atoms with Crippen LogP contribution in [0.2, 0.25) is 0 Å². The number of para-hydroxylation sites is 1. The van der Waals surface area contributed by atoms with E-state index in [9.17, 15) is 9.59 Å². The number of carbonyl (C=O) groups is 2. The van der Waals surface area contributed by atoms with Crippen LogP contribution < -0.4 is 5.32 Å². The molecule has 2 heterocycles. The molecule has 1 saturated heterocycles. The maximum Gasteiger partial charge on any atom is 0.329 e. The topological polar surface area (TPSA) is 77.7 Å². The summed E-state index contributed by atoms with van der Waals surface area (Å²) in [7, 11) is 0. The Morgan fingerprint density at radius 2 is 1.93 bits per heavy atom. The van der Waals surface area contributed by atoms with Crippen molar-refractivity contribution >= 4 is 22.9 Å². The molecule has 0 radical (unpaired) electrons. The second-order valence-electron chi connectivity index (χ2n) is 8.49. The number of piperazine rings is 1. The number of urea groups is 1. The van der Waals surface area contributed by atoms with Gasteiger partial charge in [-0.1, -0.05) is 25.1 Å². The molecule has 162 valence electrons. The summed E-state index contributed by atoms with van der Waals surface area (Å²) in [4.78, 5) is 33.2. The van der Waals surface area contributed by atoms with E-state index in [1.54, 1.807) is 6.92 Å². The summed E-state index contributed by atoms with van der Waals surface area (Å²) >= 11 is 0. The average molecular weight is 413 g/mol. The maximum absolute atomic E-state index is 13.0. The number of nitrogens with zero attached hydrogens (tertiary/aromatic N) is 2. The summed E-state index contributed by atoms with van der Waals surface area (Å²) in [6.45, 7) is 8.35. The zero-order valence-corrected chi connectivity index (χ0v) is 17.9. The van der Waals surface area contributed by atoms with E-state index in [1.807, 2.05) is 42.3 Å². The van der Waals surface area contributed by atoms with Gasteiger partial charge in [-0.25, -0.2) is 9.59 Å². The molecule has 1 aromatic heterocycles. The second-order valence-corrected chi connectivity index (χ2v) is 8.49. The van der Waals surface area contributed by atoms with E-state index in [2.05, 4.69) is 15.2 Å². The molecule has 2 fully saturated rings. The lowest BCUT2D eigenvalue weighted by atomic mass is 9.93. The molecule has 0 unspecified atom stereocenters. The van der Waals surface area contributed by atoms with E-state index in [-0.39, 0.29) is 18.6 Å². The molecule has 1 aliphatic carbocycles. The molecule has 4 rings (SSSR count). The van der Waals surface area contributed by atoms with Gasteiger partial charge in [0, 0.05) is 55.7 Å². The fourth-order valence-corrected chi connectivity index (χ4v) is 4.29. The van der Waals surface area contributed by atoms with Gasteiger partial charge in [0.15, 0.2) is 0 Å². The lowest BCUT2D eigenvalue weighted by Gasteiger charge is -2.36. The van der Waals surface area contributed by atoms with Gasteiger partial charge in [0.05, 0.1) is 6.61 Å². The summed E-state index contributed by atoms with van der Waals surface area (Å²) in [6, 6.07) is 7.06. The molecular weight excluding hydrogens is 380 g/mol. The molecule has 2 aliphatic rings. The van der Waals surface area contributed by atoms with Gasteiger partial charge in [0.2, 0.25) is 0 Å². The van der Waals surface area contributed by atoms with Crippen molar-refractivity contribution in [1.29, 1.82) is 0 Å². The summed E-state index contributed by atoms with van der Waals surface area (Å²) in [5.41, 5.74) is 2.01. The van der Waals surface area contributed by atoms with E-state index in [1.165, 1.54) is 12.8 Å². The van der Waals surface area contributed by atoms with Crippen LogP contribution in [-0.4, -0.2) is 72.2 Å². The predicted octanol–water partition coefficient (Wildman–Crippen LogP) is 2.94. The molecule has 2 amide bonds. The summed E-state index contributed by atoms with van der Waals surface area (Å²) in [6.07, 6.45) is 4.60. The summed E-state index contributed by atoms with van der Waals surface area (Å²) in [5.74, 6) is 0.243. The standard InChI is InChI=1S/C23H32N4O3/c1-3-30-22(28)21(16(2)19-14-24-20-7-5-4-6-18(19)20)25-23(29)27-12-10-26(11-13-27)15-17-8-9-17/h4-7,14,16-17,21,24H,3,8-13,15H2,1-2H3,(H,25,29)/t16-,21+/m0/s1. The Bertz CT molecular complexity index is 883. The highest BCUT2D eigenvalue weighted by Gasteiger charge is 2.33. The quantitative estimate of drug-likeness (QED) is 0.686. The minimum atomic E-state index is -0.735. The number of amides is 2. The van der Waals surface area contributed by atoms with Gasteiger partial charge in [-0.2, -0.15) is 0 Å². The van der Waals surface area contributed by atoms with Crippen molar-refractivity contribution in [2.24, 2.45) is 5.92 Å². The third-order valence-corrected chi connectivity index (χ3v) is 6.30. The first-order valence-electron chi connectivity index (χ1n) is 11.1. The highest BCUT2D eigenvalue weighted by atomic mass is 16.5. The van der Waals surface area contributed by atoms with Crippen LogP contribution in [0.3, 0.4) is 0 Å².